The normalized spacial score (nSPS) is 12.7. The fourth-order valence-corrected chi connectivity index (χ4v) is 3.14. The average molecular weight is 359 g/mol. The van der Waals surface area contributed by atoms with Gasteiger partial charge in [0.05, 0.1) is 4.53 Å². The minimum Gasteiger partial charge on any atom is -0.338 e. The number of carbonyl (C=O) groups excluding carboxylic acids is 1. The number of thiazole rings is 1. The van der Waals surface area contributed by atoms with Crippen molar-refractivity contribution in [2.45, 2.75) is 34.1 Å². The van der Waals surface area contributed by atoms with Gasteiger partial charge in [-0.05, 0) is 31.4 Å². The second kappa shape index (κ2) is 8.16. The highest BCUT2D eigenvalue weighted by molar-refractivity contribution is 7.11. The molecule has 0 aliphatic heterocycles. The molecule has 4 nitrogen and oxygen atoms in total. The monoisotopic (exact) mass is 359 g/mol. The van der Waals surface area contributed by atoms with Crippen LogP contribution in [0.2, 0.25) is 0 Å². The lowest BCUT2D eigenvalue weighted by molar-refractivity contribution is 0.101. The van der Waals surface area contributed by atoms with E-state index >= 15 is 0 Å². The molecule has 0 bridgehead atoms. The van der Waals surface area contributed by atoms with Crippen molar-refractivity contribution >= 4 is 41.4 Å². The number of aromatic nitrogens is 1. The van der Waals surface area contributed by atoms with Crippen LogP contribution in [0.4, 0.5) is 10.1 Å². The van der Waals surface area contributed by atoms with E-state index in [2.05, 4.69) is 21.9 Å². The molecule has 2 rings (SSSR count). The van der Waals surface area contributed by atoms with Crippen molar-refractivity contribution in [2.75, 3.05) is 5.32 Å². The van der Waals surface area contributed by atoms with Gasteiger partial charge in [-0.15, -0.1) is 11.3 Å². The highest BCUT2D eigenvalue weighted by atomic mass is 32.1. The topological polar surface area (TPSA) is 54.4 Å². The molecule has 2 aromatic rings. The number of Topliss-reactive ketones (excluding diaryl/α,β-unsaturated/α-hetero) is 1. The number of nitrogens with one attached hydrogen (secondary N) is 1. The van der Waals surface area contributed by atoms with Crippen LogP contribution in [0.25, 0.3) is 12.4 Å². The number of hydrogen-bond donors (Lipinski definition) is 1. The first-order valence-corrected chi connectivity index (χ1v) is 8.89. The third-order valence-corrected chi connectivity index (χ3v) is 4.48. The summed E-state index contributed by atoms with van der Waals surface area (Å²) >= 11 is 1.22. The second-order valence-corrected chi connectivity index (χ2v) is 7.16. The standard InChI is InChI=1S/C19H22FN3OS/c1-6-21-18(17-13(5)25-19(23-17)12(4)24)22-16-9-7-8-15(20)14(16)10-11(2)3/h6-9,11,22H,5,10H2,1-4H3/b18-17-,21-6-. The van der Waals surface area contributed by atoms with Gasteiger partial charge < -0.3 is 5.32 Å². The number of halogens is 1. The summed E-state index contributed by atoms with van der Waals surface area (Å²) in [7, 11) is 0. The van der Waals surface area contributed by atoms with Crippen LogP contribution in [0.15, 0.2) is 23.2 Å². The van der Waals surface area contributed by atoms with Gasteiger partial charge in [-0.1, -0.05) is 26.5 Å². The molecule has 0 amide bonds. The highest BCUT2D eigenvalue weighted by Gasteiger charge is 2.13. The number of nitrogens with zero attached hydrogens (tertiary/aromatic N) is 2. The van der Waals surface area contributed by atoms with Gasteiger partial charge in [-0.3, -0.25) is 4.79 Å². The maximum absolute atomic E-state index is 14.3. The fraction of sp³-hybridized carbons (Fsp3) is 0.316. The zero-order chi connectivity index (χ0) is 18.6. The van der Waals surface area contributed by atoms with E-state index in [4.69, 9.17) is 0 Å². The molecule has 0 radical (unpaired) electrons. The maximum Gasteiger partial charge on any atom is 0.188 e. The van der Waals surface area contributed by atoms with Gasteiger partial charge in [-0.25, -0.2) is 14.4 Å². The summed E-state index contributed by atoms with van der Waals surface area (Å²) in [5.41, 5.74) is 1.25. The number of carbonyl (C=O) groups is 1. The molecule has 0 aliphatic rings. The summed E-state index contributed by atoms with van der Waals surface area (Å²) in [6.07, 6.45) is 2.22. The van der Waals surface area contributed by atoms with Crippen LogP contribution in [-0.2, 0) is 6.42 Å². The highest BCUT2D eigenvalue weighted by Crippen LogP contribution is 2.24. The maximum atomic E-state index is 14.3. The Morgan fingerprint density at radius 2 is 2.20 bits per heavy atom. The molecule has 25 heavy (non-hydrogen) atoms. The Labute approximate surface area is 150 Å². The van der Waals surface area contributed by atoms with Gasteiger partial charge in [0.15, 0.2) is 16.6 Å². The van der Waals surface area contributed by atoms with Crippen LogP contribution >= 0.6 is 11.3 Å². The van der Waals surface area contributed by atoms with Crippen LogP contribution in [0.3, 0.4) is 0 Å². The molecule has 0 fully saturated rings. The second-order valence-electron chi connectivity index (χ2n) is 6.07. The third kappa shape index (κ3) is 4.60. The Morgan fingerprint density at radius 3 is 2.76 bits per heavy atom. The average Bonchev–Trinajstić information content (AvgIpc) is 2.92. The molecule has 6 heteroatoms. The predicted molar refractivity (Wildman–Crippen MR) is 103 cm³/mol. The van der Waals surface area contributed by atoms with Gasteiger partial charge in [0.1, 0.15) is 11.2 Å². The van der Waals surface area contributed by atoms with Gasteiger partial charge in [-0.2, -0.15) is 0 Å². The molecular formula is C19H22FN3OS. The molecule has 0 saturated heterocycles. The first-order chi connectivity index (χ1) is 11.8. The molecule has 1 aromatic carbocycles. The molecule has 0 atom stereocenters. The van der Waals surface area contributed by atoms with E-state index in [1.54, 1.807) is 19.2 Å². The Kier molecular flexibility index (Phi) is 6.20. The van der Waals surface area contributed by atoms with E-state index in [0.29, 0.717) is 44.3 Å². The first-order valence-electron chi connectivity index (χ1n) is 8.07. The zero-order valence-corrected chi connectivity index (χ0v) is 15.7. The molecule has 1 heterocycles. The molecule has 1 aromatic heterocycles. The Bertz CT molecular complexity index is 915. The van der Waals surface area contributed by atoms with Crippen molar-refractivity contribution in [1.82, 2.24) is 4.98 Å². The number of anilines is 1. The summed E-state index contributed by atoms with van der Waals surface area (Å²) in [5, 5.41) is 4.06. The summed E-state index contributed by atoms with van der Waals surface area (Å²) < 4.78 is 14.9. The smallest absolute Gasteiger partial charge is 0.188 e. The van der Waals surface area contributed by atoms with E-state index in [0.717, 1.165) is 0 Å². The van der Waals surface area contributed by atoms with E-state index in [1.807, 2.05) is 19.9 Å². The molecular weight excluding hydrogens is 337 g/mol. The molecule has 1 N–H and O–H groups in total. The van der Waals surface area contributed by atoms with E-state index in [-0.39, 0.29) is 11.6 Å². The van der Waals surface area contributed by atoms with E-state index in [9.17, 15) is 9.18 Å². The van der Waals surface area contributed by atoms with Gasteiger partial charge >= 0.3 is 0 Å². The summed E-state index contributed by atoms with van der Waals surface area (Å²) in [6.45, 7) is 11.3. The minimum atomic E-state index is -0.254. The Hall–Kier alpha value is -2.34. The minimum absolute atomic E-state index is 0.118. The summed E-state index contributed by atoms with van der Waals surface area (Å²) in [6, 6.07) is 4.92. The third-order valence-electron chi connectivity index (χ3n) is 3.47. The van der Waals surface area contributed by atoms with Crippen LogP contribution in [-0.4, -0.2) is 17.0 Å². The number of ketones is 1. The van der Waals surface area contributed by atoms with Crippen molar-refractivity contribution in [3.05, 3.63) is 44.5 Å². The molecule has 0 aliphatic carbocycles. The van der Waals surface area contributed by atoms with E-state index < -0.39 is 0 Å². The van der Waals surface area contributed by atoms with Crippen molar-refractivity contribution < 1.29 is 9.18 Å². The first kappa shape index (κ1) is 19.0. The predicted octanol–water partition coefficient (Wildman–Crippen LogP) is 3.36. The number of benzene rings is 1. The van der Waals surface area contributed by atoms with Crippen molar-refractivity contribution in [2.24, 2.45) is 10.9 Å². The lowest BCUT2D eigenvalue weighted by Gasteiger charge is -2.14. The molecule has 0 saturated carbocycles. The molecule has 0 spiro atoms. The Morgan fingerprint density at radius 1 is 1.48 bits per heavy atom. The SMILES string of the molecule is C=c1sc(C(C)=O)n/c1=C(/N=C\C)Nc1cccc(F)c1CC(C)C. The van der Waals surface area contributed by atoms with Crippen LogP contribution in [0.5, 0.6) is 0 Å². The quantitative estimate of drug-likeness (QED) is 0.636. The number of aliphatic imine (C=N–C) groups is 1. The zero-order valence-electron chi connectivity index (χ0n) is 14.9. The largest absolute Gasteiger partial charge is 0.338 e. The lowest BCUT2D eigenvalue weighted by atomic mass is 10.0. The number of rotatable bonds is 6. The Balaban J connectivity index is 2.59. The summed E-state index contributed by atoms with van der Waals surface area (Å²) in [4.78, 5) is 20.2. The van der Waals surface area contributed by atoms with Gasteiger partial charge in [0.25, 0.3) is 0 Å². The van der Waals surface area contributed by atoms with Crippen LogP contribution in [0, 0.1) is 11.7 Å². The molecule has 0 unspecified atom stereocenters. The van der Waals surface area contributed by atoms with Gasteiger partial charge in [0.2, 0.25) is 0 Å². The van der Waals surface area contributed by atoms with Crippen LogP contribution < -0.4 is 15.2 Å². The number of hydrogen-bond acceptors (Lipinski definition) is 5. The van der Waals surface area contributed by atoms with Crippen molar-refractivity contribution in [3.63, 3.8) is 0 Å². The summed E-state index contributed by atoms with van der Waals surface area (Å²) in [5.74, 6) is 0.387. The van der Waals surface area contributed by atoms with Crippen molar-refractivity contribution in [3.8, 4) is 0 Å². The lowest BCUT2D eigenvalue weighted by Crippen LogP contribution is -2.26. The molecule has 132 valence electrons. The van der Waals surface area contributed by atoms with Crippen LogP contribution in [0.1, 0.15) is 43.1 Å². The van der Waals surface area contributed by atoms with E-state index in [1.165, 1.54) is 24.3 Å². The fourth-order valence-electron chi connectivity index (χ4n) is 2.39. The van der Waals surface area contributed by atoms with Crippen molar-refractivity contribution in [1.29, 1.82) is 0 Å². The van der Waals surface area contributed by atoms with Gasteiger partial charge in [0, 0.05) is 24.4 Å².